The predicted molar refractivity (Wildman–Crippen MR) is 74.5 cm³/mol. The Hall–Kier alpha value is -1.61. The molecule has 1 N–H and O–H groups in total. The maximum atomic E-state index is 4.44. The average molecular weight is 243 g/mol. The van der Waals surface area contributed by atoms with Gasteiger partial charge in [-0.25, -0.2) is 4.98 Å². The summed E-state index contributed by atoms with van der Waals surface area (Å²) in [5, 5.41) is 3.34. The second-order valence-corrected chi connectivity index (χ2v) is 4.68. The monoisotopic (exact) mass is 243 g/mol. The fourth-order valence-electron chi connectivity index (χ4n) is 2.28. The first-order valence-electron chi connectivity index (χ1n) is 6.48. The van der Waals surface area contributed by atoms with Crippen molar-refractivity contribution >= 4 is 0 Å². The van der Waals surface area contributed by atoms with Crippen LogP contribution in [0.2, 0.25) is 0 Å². The minimum absolute atomic E-state index is 0.169. The molecular formula is C15H21N3. The van der Waals surface area contributed by atoms with Crippen molar-refractivity contribution in [3.8, 4) is 0 Å². The molecule has 3 nitrogen and oxygen atoms in total. The van der Waals surface area contributed by atoms with Crippen molar-refractivity contribution in [3.05, 3.63) is 53.6 Å². The second-order valence-electron chi connectivity index (χ2n) is 4.68. The van der Waals surface area contributed by atoms with Gasteiger partial charge in [-0.2, -0.15) is 0 Å². The van der Waals surface area contributed by atoms with E-state index in [1.54, 1.807) is 0 Å². The van der Waals surface area contributed by atoms with Crippen molar-refractivity contribution in [2.24, 2.45) is 7.05 Å². The molecule has 0 bridgehead atoms. The van der Waals surface area contributed by atoms with Gasteiger partial charge < -0.3 is 9.88 Å². The second kappa shape index (κ2) is 5.83. The van der Waals surface area contributed by atoms with E-state index in [4.69, 9.17) is 0 Å². The smallest absolute Gasteiger partial charge is 0.0947 e. The molecule has 0 radical (unpaired) electrons. The number of imidazole rings is 1. The number of hydrogen-bond acceptors (Lipinski definition) is 2. The number of aromatic nitrogens is 2. The van der Waals surface area contributed by atoms with Crippen LogP contribution in [0.5, 0.6) is 0 Å². The van der Waals surface area contributed by atoms with Crippen LogP contribution in [0, 0.1) is 0 Å². The van der Waals surface area contributed by atoms with Crippen LogP contribution in [0.1, 0.15) is 36.2 Å². The molecule has 2 aromatic rings. The molecule has 0 aliphatic rings. The molecule has 96 valence electrons. The van der Waals surface area contributed by atoms with Gasteiger partial charge in [-0.1, -0.05) is 37.6 Å². The molecule has 1 aromatic carbocycles. The van der Waals surface area contributed by atoms with Crippen molar-refractivity contribution in [3.63, 3.8) is 0 Å². The predicted octanol–water partition coefficient (Wildman–Crippen LogP) is 2.68. The van der Waals surface area contributed by atoms with E-state index in [-0.39, 0.29) is 6.04 Å². The zero-order valence-electron chi connectivity index (χ0n) is 11.4. The molecule has 18 heavy (non-hydrogen) atoms. The molecule has 1 atom stereocenters. The molecule has 3 heteroatoms. The Morgan fingerprint density at radius 2 is 2.22 bits per heavy atom. The Kier molecular flexibility index (Phi) is 4.15. The Balaban J connectivity index is 2.29. The van der Waals surface area contributed by atoms with Crippen LogP contribution in [0.25, 0.3) is 0 Å². The molecule has 0 amide bonds. The number of nitrogens with one attached hydrogen (secondary N) is 1. The fourth-order valence-corrected chi connectivity index (χ4v) is 2.28. The number of hydrogen-bond donors (Lipinski definition) is 1. The lowest BCUT2D eigenvalue weighted by molar-refractivity contribution is 0.672. The topological polar surface area (TPSA) is 29.9 Å². The molecule has 0 aliphatic heterocycles. The molecule has 2 rings (SSSR count). The quantitative estimate of drug-likeness (QED) is 0.875. The van der Waals surface area contributed by atoms with E-state index < -0.39 is 0 Å². The molecule has 1 unspecified atom stereocenters. The first-order chi connectivity index (χ1) is 8.74. The summed E-state index contributed by atoms with van der Waals surface area (Å²) < 4.78 is 1.98. The van der Waals surface area contributed by atoms with Crippen LogP contribution in [-0.2, 0) is 13.5 Å². The third-order valence-electron chi connectivity index (χ3n) is 3.13. The summed E-state index contributed by atoms with van der Waals surface area (Å²) in [6.07, 6.45) is 6.22. The van der Waals surface area contributed by atoms with Crippen molar-refractivity contribution in [2.45, 2.75) is 25.8 Å². The van der Waals surface area contributed by atoms with E-state index in [2.05, 4.69) is 47.7 Å². The third-order valence-corrected chi connectivity index (χ3v) is 3.13. The van der Waals surface area contributed by atoms with Gasteiger partial charge in [0.15, 0.2) is 0 Å². The van der Waals surface area contributed by atoms with Crippen LogP contribution in [0.3, 0.4) is 0 Å². The largest absolute Gasteiger partial charge is 0.340 e. The van der Waals surface area contributed by atoms with Crippen molar-refractivity contribution < 1.29 is 0 Å². The highest BCUT2D eigenvalue weighted by Crippen LogP contribution is 2.21. The summed E-state index contributed by atoms with van der Waals surface area (Å²) in [4.78, 5) is 4.44. The maximum Gasteiger partial charge on any atom is 0.0947 e. The van der Waals surface area contributed by atoms with E-state index >= 15 is 0 Å². The number of benzene rings is 1. The molecule has 1 aromatic heterocycles. The minimum Gasteiger partial charge on any atom is -0.340 e. The van der Waals surface area contributed by atoms with Crippen LogP contribution < -0.4 is 5.32 Å². The van der Waals surface area contributed by atoms with Gasteiger partial charge in [0.25, 0.3) is 0 Å². The van der Waals surface area contributed by atoms with Gasteiger partial charge in [0.1, 0.15) is 0 Å². The normalized spacial score (nSPS) is 12.6. The molecule has 0 saturated heterocycles. The first kappa shape index (κ1) is 12.8. The van der Waals surface area contributed by atoms with E-state index in [1.807, 2.05) is 25.0 Å². The van der Waals surface area contributed by atoms with Gasteiger partial charge in [0.05, 0.1) is 18.1 Å². The lowest BCUT2D eigenvalue weighted by Gasteiger charge is -2.15. The van der Waals surface area contributed by atoms with Crippen LogP contribution in [0.4, 0.5) is 0 Å². The van der Waals surface area contributed by atoms with Gasteiger partial charge >= 0.3 is 0 Å². The lowest BCUT2D eigenvalue weighted by Crippen LogP contribution is -2.18. The maximum absolute atomic E-state index is 4.44. The summed E-state index contributed by atoms with van der Waals surface area (Å²) in [6, 6.07) is 8.93. The third kappa shape index (κ3) is 2.79. The lowest BCUT2D eigenvalue weighted by atomic mass is 10.00. The Labute approximate surface area is 109 Å². The van der Waals surface area contributed by atoms with E-state index in [9.17, 15) is 0 Å². The van der Waals surface area contributed by atoms with Gasteiger partial charge in [-0.15, -0.1) is 0 Å². The van der Waals surface area contributed by atoms with Crippen LogP contribution in [-0.4, -0.2) is 16.6 Å². The highest BCUT2D eigenvalue weighted by atomic mass is 15.0. The molecular weight excluding hydrogens is 222 g/mol. The molecule has 0 fully saturated rings. The highest BCUT2D eigenvalue weighted by Gasteiger charge is 2.14. The van der Waals surface area contributed by atoms with Crippen molar-refractivity contribution in [1.29, 1.82) is 0 Å². The minimum atomic E-state index is 0.169. The summed E-state index contributed by atoms with van der Waals surface area (Å²) in [6.45, 7) is 2.21. The Bertz CT molecular complexity index is 502. The fraction of sp³-hybridized carbons (Fsp3) is 0.400. The summed E-state index contributed by atoms with van der Waals surface area (Å²) >= 11 is 0. The first-order valence-corrected chi connectivity index (χ1v) is 6.48. The molecule has 0 spiro atoms. The van der Waals surface area contributed by atoms with Crippen molar-refractivity contribution in [2.75, 3.05) is 7.05 Å². The standard InChI is InChI=1S/C15H21N3/c1-4-6-12-7-5-8-13(9-12)15(16-2)14-10-18(3)11-17-14/h5,7-11,15-16H,4,6H2,1-3H3. The number of aryl methyl sites for hydroxylation is 2. The Morgan fingerprint density at radius 1 is 1.39 bits per heavy atom. The zero-order valence-corrected chi connectivity index (χ0v) is 11.4. The summed E-state index contributed by atoms with van der Waals surface area (Å²) in [5.41, 5.74) is 3.74. The SMILES string of the molecule is CCCc1cccc(C(NC)c2cn(C)cn2)c1. The van der Waals surface area contributed by atoms with Gasteiger partial charge in [0, 0.05) is 13.2 Å². The Morgan fingerprint density at radius 3 is 2.83 bits per heavy atom. The number of nitrogens with zero attached hydrogens (tertiary/aromatic N) is 2. The zero-order chi connectivity index (χ0) is 13.0. The van der Waals surface area contributed by atoms with E-state index in [0.717, 1.165) is 12.1 Å². The van der Waals surface area contributed by atoms with E-state index in [1.165, 1.54) is 17.5 Å². The molecule has 1 heterocycles. The van der Waals surface area contributed by atoms with Crippen LogP contribution >= 0.6 is 0 Å². The van der Waals surface area contributed by atoms with Crippen molar-refractivity contribution in [1.82, 2.24) is 14.9 Å². The molecule has 0 aliphatic carbocycles. The average Bonchev–Trinajstić information content (AvgIpc) is 2.78. The summed E-state index contributed by atoms with van der Waals surface area (Å²) in [5.74, 6) is 0. The summed E-state index contributed by atoms with van der Waals surface area (Å²) in [7, 11) is 3.97. The highest BCUT2D eigenvalue weighted by molar-refractivity contribution is 5.31. The van der Waals surface area contributed by atoms with Gasteiger partial charge in [0.2, 0.25) is 0 Å². The van der Waals surface area contributed by atoms with E-state index in [0.29, 0.717) is 0 Å². The molecule has 0 saturated carbocycles. The van der Waals surface area contributed by atoms with Gasteiger partial charge in [-0.3, -0.25) is 0 Å². The number of rotatable bonds is 5. The van der Waals surface area contributed by atoms with Crippen LogP contribution in [0.15, 0.2) is 36.8 Å². The van der Waals surface area contributed by atoms with Gasteiger partial charge in [-0.05, 0) is 24.6 Å².